The lowest BCUT2D eigenvalue weighted by Gasteiger charge is -2.27. The number of carbonyl (C=O) groups excluding carboxylic acids is 1. The van der Waals surface area contributed by atoms with Gasteiger partial charge in [0, 0.05) is 12.6 Å². The summed E-state index contributed by atoms with van der Waals surface area (Å²) in [6, 6.07) is 8.67. The van der Waals surface area contributed by atoms with E-state index >= 15 is 0 Å². The highest BCUT2D eigenvalue weighted by molar-refractivity contribution is 5.71. The summed E-state index contributed by atoms with van der Waals surface area (Å²) < 4.78 is 10.00. The van der Waals surface area contributed by atoms with Crippen molar-refractivity contribution in [2.24, 2.45) is 0 Å². The molecule has 1 saturated carbocycles. The molecule has 0 spiro atoms. The predicted molar refractivity (Wildman–Crippen MR) is 82.5 cm³/mol. The summed E-state index contributed by atoms with van der Waals surface area (Å²) in [5.74, 6) is 0.734. The van der Waals surface area contributed by atoms with Crippen LogP contribution in [0.1, 0.15) is 31.2 Å². The zero-order valence-electron chi connectivity index (χ0n) is 13.0. The van der Waals surface area contributed by atoms with E-state index < -0.39 is 0 Å². The van der Waals surface area contributed by atoms with Gasteiger partial charge in [-0.25, -0.2) is 0 Å². The Morgan fingerprint density at radius 3 is 2.43 bits per heavy atom. The summed E-state index contributed by atoms with van der Waals surface area (Å²) in [6.45, 7) is 1.30. The van der Waals surface area contributed by atoms with Gasteiger partial charge in [-0.1, -0.05) is 25.0 Å². The molecule has 0 amide bonds. The Morgan fingerprint density at radius 2 is 1.86 bits per heavy atom. The molecule has 1 aromatic carbocycles. The largest absolute Gasteiger partial charge is 0.497 e. The number of esters is 1. The fourth-order valence-electron chi connectivity index (χ4n) is 2.96. The molecule has 1 aliphatic carbocycles. The SMILES string of the molecule is COC(=O)CN(CCc1ccc(OC)cc1)C1CCCC1. The number of methoxy groups -OCH3 is 2. The van der Waals surface area contributed by atoms with Crippen molar-refractivity contribution in [1.29, 1.82) is 0 Å². The number of hydrogen-bond donors (Lipinski definition) is 0. The van der Waals surface area contributed by atoms with Gasteiger partial charge in [-0.2, -0.15) is 0 Å². The van der Waals surface area contributed by atoms with E-state index in [0.29, 0.717) is 12.6 Å². The van der Waals surface area contributed by atoms with Gasteiger partial charge in [0.1, 0.15) is 5.75 Å². The van der Waals surface area contributed by atoms with Crippen LogP contribution in [0, 0.1) is 0 Å². The predicted octanol–water partition coefficient (Wildman–Crippen LogP) is 2.66. The molecule has 0 N–H and O–H groups in total. The number of rotatable bonds is 7. The zero-order chi connectivity index (χ0) is 15.1. The van der Waals surface area contributed by atoms with E-state index in [9.17, 15) is 4.79 Å². The fourth-order valence-corrected chi connectivity index (χ4v) is 2.96. The summed E-state index contributed by atoms with van der Waals surface area (Å²) in [7, 11) is 3.13. The average Bonchev–Trinajstić information content (AvgIpc) is 3.06. The molecule has 0 heterocycles. The van der Waals surface area contributed by atoms with Crippen LogP contribution < -0.4 is 4.74 Å². The van der Waals surface area contributed by atoms with Gasteiger partial charge in [-0.15, -0.1) is 0 Å². The topological polar surface area (TPSA) is 38.8 Å². The van der Waals surface area contributed by atoms with Crippen molar-refractivity contribution >= 4 is 5.97 Å². The minimum absolute atomic E-state index is 0.142. The van der Waals surface area contributed by atoms with Crippen LogP contribution in [0.25, 0.3) is 0 Å². The highest BCUT2D eigenvalue weighted by atomic mass is 16.5. The lowest BCUT2D eigenvalue weighted by atomic mass is 10.1. The molecule has 4 nitrogen and oxygen atoms in total. The molecule has 0 aliphatic heterocycles. The molecule has 0 bridgehead atoms. The first-order valence-corrected chi connectivity index (χ1v) is 7.66. The molecule has 4 heteroatoms. The minimum Gasteiger partial charge on any atom is -0.497 e. The van der Waals surface area contributed by atoms with E-state index in [0.717, 1.165) is 18.7 Å². The maximum absolute atomic E-state index is 11.6. The number of hydrogen-bond acceptors (Lipinski definition) is 4. The van der Waals surface area contributed by atoms with Crippen LogP contribution in [0.15, 0.2) is 24.3 Å². The van der Waals surface area contributed by atoms with Gasteiger partial charge in [0.05, 0.1) is 20.8 Å². The molecule has 0 atom stereocenters. The Labute approximate surface area is 127 Å². The van der Waals surface area contributed by atoms with E-state index in [1.807, 2.05) is 12.1 Å². The lowest BCUT2D eigenvalue weighted by molar-refractivity contribution is -0.142. The van der Waals surface area contributed by atoms with E-state index in [4.69, 9.17) is 9.47 Å². The first-order valence-electron chi connectivity index (χ1n) is 7.66. The van der Waals surface area contributed by atoms with Gasteiger partial charge >= 0.3 is 5.97 Å². The van der Waals surface area contributed by atoms with Crippen molar-refractivity contribution in [3.63, 3.8) is 0 Å². The summed E-state index contributed by atoms with van der Waals surface area (Å²) in [4.78, 5) is 13.9. The van der Waals surface area contributed by atoms with Crippen molar-refractivity contribution in [2.45, 2.75) is 38.1 Å². The molecule has 1 fully saturated rings. The second-order valence-corrected chi connectivity index (χ2v) is 5.58. The van der Waals surface area contributed by atoms with Gasteiger partial charge in [-0.05, 0) is 37.0 Å². The summed E-state index contributed by atoms with van der Waals surface area (Å²) >= 11 is 0. The standard InChI is InChI=1S/C17H25NO3/c1-20-16-9-7-14(8-10-16)11-12-18(13-17(19)21-2)15-5-3-4-6-15/h7-10,15H,3-6,11-13H2,1-2H3. The van der Waals surface area contributed by atoms with Crippen LogP contribution in [-0.4, -0.2) is 44.2 Å². The van der Waals surface area contributed by atoms with Crippen LogP contribution in [0.2, 0.25) is 0 Å². The van der Waals surface area contributed by atoms with Crippen LogP contribution in [0.4, 0.5) is 0 Å². The third kappa shape index (κ3) is 4.74. The van der Waals surface area contributed by atoms with Gasteiger partial charge in [0.15, 0.2) is 0 Å². The van der Waals surface area contributed by atoms with E-state index in [-0.39, 0.29) is 5.97 Å². The molecule has 1 aromatic rings. The van der Waals surface area contributed by atoms with E-state index in [1.54, 1.807) is 7.11 Å². The number of benzene rings is 1. The minimum atomic E-state index is -0.142. The Bertz CT molecular complexity index is 438. The second kappa shape index (κ2) is 8.03. The molecular weight excluding hydrogens is 266 g/mol. The Balaban J connectivity index is 1.91. The fraction of sp³-hybridized carbons (Fsp3) is 0.588. The van der Waals surface area contributed by atoms with Crippen LogP contribution >= 0.6 is 0 Å². The quantitative estimate of drug-likeness (QED) is 0.724. The molecule has 0 saturated heterocycles. The number of carbonyl (C=O) groups is 1. The Morgan fingerprint density at radius 1 is 1.19 bits per heavy atom. The molecule has 0 aromatic heterocycles. The van der Waals surface area contributed by atoms with Gasteiger partial charge in [-0.3, -0.25) is 9.69 Å². The Kier molecular flexibility index (Phi) is 6.05. The summed E-state index contributed by atoms with van der Waals surface area (Å²) in [5.41, 5.74) is 1.27. The van der Waals surface area contributed by atoms with Crippen molar-refractivity contribution in [2.75, 3.05) is 27.3 Å². The average molecular weight is 291 g/mol. The highest BCUT2D eigenvalue weighted by Gasteiger charge is 2.24. The maximum atomic E-state index is 11.6. The zero-order valence-corrected chi connectivity index (χ0v) is 13.0. The molecule has 21 heavy (non-hydrogen) atoms. The lowest BCUT2D eigenvalue weighted by Crippen LogP contribution is -2.39. The molecule has 1 aliphatic rings. The van der Waals surface area contributed by atoms with Gasteiger partial charge < -0.3 is 9.47 Å². The maximum Gasteiger partial charge on any atom is 0.319 e. The number of ether oxygens (including phenoxy) is 2. The van der Waals surface area contributed by atoms with E-state index in [1.165, 1.54) is 38.4 Å². The third-order valence-corrected chi connectivity index (χ3v) is 4.25. The van der Waals surface area contributed by atoms with Crippen molar-refractivity contribution in [3.8, 4) is 5.75 Å². The van der Waals surface area contributed by atoms with Crippen molar-refractivity contribution in [3.05, 3.63) is 29.8 Å². The monoisotopic (exact) mass is 291 g/mol. The highest BCUT2D eigenvalue weighted by Crippen LogP contribution is 2.23. The summed E-state index contributed by atoms with van der Waals surface area (Å²) in [6.07, 6.45) is 5.87. The van der Waals surface area contributed by atoms with Crippen molar-refractivity contribution in [1.82, 2.24) is 4.90 Å². The van der Waals surface area contributed by atoms with Gasteiger partial charge in [0.25, 0.3) is 0 Å². The normalized spacial score (nSPS) is 15.4. The van der Waals surface area contributed by atoms with Crippen LogP contribution in [-0.2, 0) is 16.0 Å². The molecule has 0 unspecified atom stereocenters. The smallest absolute Gasteiger partial charge is 0.319 e. The molecular formula is C17H25NO3. The van der Waals surface area contributed by atoms with Crippen molar-refractivity contribution < 1.29 is 14.3 Å². The van der Waals surface area contributed by atoms with Gasteiger partial charge in [0.2, 0.25) is 0 Å². The van der Waals surface area contributed by atoms with Crippen LogP contribution in [0.5, 0.6) is 5.75 Å². The first-order chi connectivity index (χ1) is 10.2. The van der Waals surface area contributed by atoms with E-state index in [2.05, 4.69) is 17.0 Å². The van der Waals surface area contributed by atoms with Crippen LogP contribution in [0.3, 0.4) is 0 Å². The third-order valence-electron chi connectivity index (χ3n) is 4.25. The molecule has 2 rings (SSSR count). The summed E-state index contributed by atoms with van der Waals surface area (Å²) in [5, 5.41) is 0. The first kappa shape index (κ1) is 15.8. The molecule has 0 radical (unpaired) electrons. The molecule has 116 valence electrons. The second-order valence-electron chi connectivity index (χ2n) is 5.58. The number of nitrogens with zero attached hydrogens (tertiary/aromatic N) is 1. The Hall–Kier alpha value is -1.55.